The van der Waals surface area contributed by atoms with E-state index in [1.54, 1.807) is 0 Å². The fourth-order valence-electron chi connectivity index (χ4n) is 1.91. The maximum absolute atomic E-state index is 12.0. The van der Waals surface area contributed by atoms with Gasteiger partial charge in [0, 0.05) is 18.4 Å². The minimum absolute atomic E-state index is 0.0506. The number of tetrazole rings is 1. The second-order valence-corrected chi connectivity index (χ2v) is 5.55. The van der Waals surface area contributed by atoms with Crippen molar-refractivity contribution in [2.75, 3.05) is 11.5 Å². The second-order valence-electron chi connectivity index (χ2n) is 4.33. The minimum Gasteiger partial charge on any atom is -0.353 e. The van der Waals surface area contributed by atoms with Crippen LogP contribution in [0.4, 0.5) is 0 Å². The number of nitrogens with zero attached hydrogens (tertiary/aromatic N) is 3. The highest BCUT2D eigenvalue weighted by Crippen LogP contribution is 2.22. The summed E-state index contributed by atoms with van der Waals surface area (Å²) in [7, 11) is 0. The molecule has 94 valence electrons. The average Bonchev–Trinajstić information content (AvgIpc) is 2.82. The Balaban J connectivity index is 1.77. The Labute approximate surface area is 104 Å². The van der Waals surface area contributed by atoms with E-state index in [1.807, 2.05) is 18.7 Å². The van der Waals surface area contributed by atoms with E-state index in [9.17, 15) is 4.79 Å². The number of nitrogens with one attached hydrogen (secondary N) is 2. The van der Waals surface area contributed by atoms with Crippen LogP contribution in [0.5, 0.6) is 0 Å². The molecule has 0 saturated carbocycles. The number of hydrogen-bond acceptors (Lipinski definition) is 5. The van der Waals surface area contributed by atoms with Crippen LogP contribution in [0, 0.1) is 5.92 Å². The van der Waals surface area contributed by atoms with Gasteiger partial charge in [0.15, 0.2) is 5.82 Å². The molecule has 1 saturated heterocycles. The molecular weight excluding hydrogens is 238 g/mol. The lowest BCUT2D eigenvalue weighted by Crippen LogP contribution is -2.39. The van der Waals surface area contributed by atoms with Crippen molar-refractivity contribution >= 4 is 17.7 Å². The smallest absolute Gasteiger partial charge is 0.223 e. The first-order chi connectivity index (χ1) is 8.25. The highest BCUT2D eigenvalue weighted by Gasteiger charge is 2.22. The number of rotatable bonds is 4. The van der Waals surface area contributed by atoms with Crippen molar-refractivity contribution in [2.24, 2.45) is 5.92 Å². The van der Waals surface area contributed by atoms with Gasteiger partial charge in [-0.05, 0) is 31.3 Å². The number of carbonyl (C=O) groups is 1. The molecule has 6 nitrogen and oxygen atoms in total. The molecule has 0 spiro atoms. The average molecular weight is 255 g/mol. The summed E-state index contributed by atoms with van der Waals surface area (Å²) in [6, 6.07) is 0.0506. The lowest BCUT2D eigenvalue weighted by molar-refractivity contribution is -0.125. The third-order valence-electron chi connectivity index (χ3n) is 2.86. The van der Waals surface area contributed by atoms with Gasteiger partial charge in [-0.25, -0.2) is 0 Å². The molecule has 0 aromatic carbocycles. The molecule has 1 aliphatic rings. The molecule has 7 heteroatoms. The Hall–Kier alpha value is -1.11. The molecule has 0 unspecified atom stereocenters. The van der Waals surface area contributed by atoms with E-state index in [1.165, 1.54) is 0 Å². The number of thioether (sulfide) groups is 1. The third kappa shape index (κ3) is 3.69. The fraction of sp³-hybridized carbons (Fsp3) is 0.800. The normalized spacial score (nSPS) is 18.9. The number of aromatic nitrogens is 4. The number of carbonyl (C=O) groups excluding carboxylic acids is 1. The zero-order valence-electron chi connectivity index (χ0n) is 9.85. The highest BCUT2D eigenvalue weighted by molar-refractivity contribution is 7.99. The summed E-state index contributed by atoms with van der Waals surface area (Å²) in [6.45, 7) is 1.96. The molecule has 17 heavy (non-hydrogen) atoms. The van der Waals surface area contributed by atoms with Crippen molar-refractivity contribution in [3.05, 3.63) is 5.82 Å². The van der Waals surface area contributed by atoms with Crippen LogP contribution in [-0.4, -0.2) is 44.1 Å². The molecule has 1 amide bonds. The number of amides is 1. The largest absolute Gasteiger partial charge is 0.353 e. The summed E-state index contributed by atoms with van der Waals surface area (Å²) >= 11 is 1.93. The predicted molar refractivity (Wildman–Crippen MR) is 65.5 cm³/mol. The number of H-pyrrole nitrogens is 1. The fourth-order valence-corrected chi connectivity index (χ4v) is 3.02. The van der Waals surface area contributed by atoms with Crippen molar-refractivity contribution in [1.82, 2.24) is 25.9 Å². The molecular formula is C10H17N5OS. The molecule has 1 aromatic heterocycles. The monoisotopic (exact) mass is 255 g/mol. The van der Waals surface area contributed by atoms with Crippen molar-refractivity contribution in [2.45, 2.75) is 32.2 Å². The van der Waals surface area contributed by atoms with Crippen molar-refractivity contribution < 1.29 is 4.79 Å². The molecule has 1 aromatic rings. The lowest BCUT2D eigenvalue weighted by Gasteiger charge is -2.22. The van der Waals surface area contributed by atoms with E-state index in [4.69, 9.17) is 0 Å². The van der Waals surface area contributed by atoms with Gasteiger partial charge in [0.25, 0.3) is 0 Å². The standard InChI is InChI=1S/C10H17N5OS/c1-7(6-9-12-14-15-13-9)11-10(16)8-2-4-17-5-3-8/h7-8H,2-6H2,1H3,(H,11,16)(H,12,13,14,15)/t7-/m0/s1. The quantitative estimate of drug-likeness (QED) is 0.813. The Kier molecular flexibility index (Phi) is 4.36. The molecule has 2 rings (SSSR count). The molecule has 2 N–H and O–H groups in total. The van der Waals surface area contributed by atoms with Crippen LogP contribution in [0.1, 0.15) is 25.6 Å². The van der Waals surface area contributed by atoms with Crippen molar-refractivity contribution in [3.63, 3.8) is 0 Å². The Morgan fingerprint density at radius 2 is 2.35 bits per heavy atom. The van der Waals surface area contributed by atoms with Crippen LogP contribution in [-0.2, 0) is 11.2 Å². The van der Waals surface area contributed by atoms with Crippen LogP contribution in [0.25, 0.3) is 0 Å². The maximum atomic E-state index is 12.0. The van der Waals surface area contributed by atoms with E-state index >= 15 is 0 Å². The summed E-state index contributed by atoms with van der Waals surface area (Å²) in [4.78, 5) is 12.0. The predicted octanol–water partition coefficient (Wildman–Crippen LogP) is 0.390. The Bertz CT molecular complexity index is 350. The highest BCUT2D eigenvalue weighted by atomic mass is 32.2. The van der Waals surface area contributed by atoms with Gasteiger partial charge in [-0.15, -0.1) is 10.2 Å². The topological polar surface area (TPSA) is 83.6 Å². The van der Waals surface area contributed by atoms with Gasteiger partial charge in [-0.2, -0.15) is 17.0 Å². The van der Waals surface area contributed by atoms with Crippen LogP contribution in [0.2, 0.25) is 0 Å². The summed E-state index contributed by atoms with van der Waals surface area (Å²) in [5, 5.41) is 16.7. The molecule has 0 aliphatic carbocycles. The Morgan fingerprint density at radius 1 is 1.59 bits per heavy atom. The zero-order valence-corrected chi connectivity index (χ0v) is 10.7. The summed E-state index contributed by atoms with van der Waals surface area (Å²) in [6.07, 6.45) is 2.60. The third-order valence-corrected chi connectivity index (χ3v) is 3.91. The van der Waals surface area contributed by atoms with E-state index in [-0.39, 0.29) is 17.9 Å². The number of hydrogen-bond donors (Lipinski definition) is 2. The van der Waals surface area contributed by atoms with Gasteiger partial charge in [0.05, 0.1) is 0 Å². The second kappa shape index (κ2) is 6.00. The lowest BCUT2D eigenvalue weighted by atomic mass is 10.0. The molecule has 2 heterocycles. The van der Waals surface area contributed by atoms with Gasteiger partial charge >= 0.3 is 0 Å². The van der Waals surface area contributed by atoms with Gasteiger partial charge in [0.2, 0.25) is 5.91 Å². The first-order valence-electron chi connectivity index (χ1n) is 5.86. The maximum Gasteiger partial charge on any atom is 0.223 e. The minimum atomic E-state index is 0.0506. The summed E-state index contributed by atoms with van der Waals surface area (Å²) in [5.41, 5.74) is 0. The van der Waals surface area contributed by atoms with Crippen molar-refractivity contribution in [1.29, 1.82) is 0 Å². The van der Waals surface area contributed by atoms with Gasteiger partial charge in [0.1, 0.15) is 0 Å². The van der Waals surface area contributed by atoms with E-state index in [0.29, 0.717) is 12.2 Å². The van der Waals surface area contributed by atoms with Crippen LogP contribution in [0.3, 0.4) is 0 Å². The van der Waals surface area contributed by atoms with Crippen LogP contribution >= 0.6 is 11.8 Å². The van der Waals surface area contributed by atoms with Gasteiger partial charge in [-0.1, -0.05) is 5.21 Å². The summed E-state index contributed by atoms with van der Waals surface area (Å²) in [5.74, 6) is 3.18. The summed E-state index contributed by atoms with van der Waals surface area (Å²) < 4.78 is 0. The van der Waals surface area contributed by atoms with Gasteiger partial charge in [-0.3, -0.25) is 4.79 Å². The molecule has 0 bridgehead atoms. The first-order valence-corrected chi connectivity index (χ1v) is 7.01. The van der Waals surface area contributed by atoms with E-state index in [2.05, 4.69) is 25.9 Å². The Morgan fingerprint density at radius 3 is 3.00 bits per heavy atom. The van der Waals surface area contributed by atoms with E-state index in [0.717, 1.165) is 24.3 Å². The molecule has 1 fully saturated rings. The first kappa shape index (κ1) is 12.3. The molecule has 1 aliphatic heterocycles. The zero-order chi connectivity index (χ0) is 12.1. The molecule has 1 atom stereocenters. The van der Waals surface area contributed by atoms with E-state index < -0.39 is 0 Å². The number of aromatic amines is 1. The molecule has 0 radical (unpaired) electrons. The van der Waals surface area contributed by atoms with Crippen LogP contribution < -0.4 is 5.32 Å². The van der Waals surface area contributed by atoms with Crippen LogP contribution in [0.15, 0.2) is 0 Å². The SMILES string of the molecule is C[C@@H](Cc1nn[nH]n1)NC(=O)C1CCSCC1. The van der Waals surface area contributed by atoms with Gasteiger partial charge < -0.3 is 5.32 Å². The van der Waals surface area contributed by atoms with Crippen molar-refractivity contribution in [3.8, 4) is 0 Å².